The lowest BCUT2D eigenvalue weighted by molar-refractivity contribution is 0.107. The molecular weight excluding hydrogens is 274 g/mol. The molecule has 0 amide bonds. The van der Waals surface area contributed by atoms with Gasteiger partial charge in [0.15, 0.2) is 0 Å². The minimum atomic E-state index is -0.326. The van der Waals surface area contributed by atoms with Gasteiger partial charge in [-0.3, -0.25) is 9.59 Å². The number of nitrogens with zero attached hydrogens (tertiary/aromatic N) is 1. The van der Waals surface area contributed by atoms with Crippen molar-refractivity contribution in [2.45, 2.75) is 13.8 Å². The van der Waals surface area contributed by atoms with Crippen molar-refractivity contribution in [3.05, 3.63) is 29.6 Å². The van der Waals surface area contributed by atoms with Gasteiger partial charge in [-0.05, 0) is 26.0 Å². The SMILES string of the molecule is CCOSC(=O)c1cccc(C(=O)SOCC)n1. The molecule has 1 rings (SSSR count). The molecule has 1 heterocycles. The topological polar surface area (TPSA) is 65.5 Å². The van der Waals surface area contributed by atoms with Crippen LogP contribution in [0.5, 0.6) is 0 Å². The van der Waals surface area contributed by atoms with Crippen molar-refractivity contribution in [3.8, 4) is 0 Å². The number of carbonyl (C=O) groups is 2. The van der Waals surface area contributed by atoms with E-state index in [1.807, 2.05) is 0 Å². The molecule has 0 saturated carbocycles. The van der Waals surface area contributed by atoms with Gasteiger partial charge in [0.05, 0.1) is 37.3 Å². The van der Waals surface area contributed by atoms with Crippen LogP contribution in [0.4, 0.5) is 0 Å². The summed E-state index contributed by atoms with van der Waals surface area (Å²) in [5.41, 5.74) is 0.382. The van der Waals surface area contributed by atoms with Gasteiger partial charge in [0.2, 0.25) is 0 Å². The molecule has 0 saturated heterocycles. The molecule has 0 fully saturated rings. The van der Waals surface area contributed by atoms with E-state index < -0.39 is 0 Å². The average molecular weight is 287 g/mol. The van der Waals surface area contributed by atoms with Gasteiger partial charge in [-0.25, -0.2) is 4.98 Å². The summed E-state index contributed by atoms with van der Waals surface area (Å²) in [6, 6.07) is 4.68. The predicted molar refractivity (Wildman–Crippen MR) is 71.3 cm³/mol. The molecule has 0 N–H and O–H groups in total. The fourth-order valence-corrected chi connectivity index (χ4v) is 1.82. The third-order valence-electron chi connectivity index (χ3n) is 1.67. The van der Waals surface area contributed by atoms with Crippen molar-refractivity contribution in [1.82, 2.24) is 4.98 Å². The Balaban J connectivity index is 2.72. The largest absolute Gasteiger partial charge is 0.308 e. The molecule has 7 heteroatoms. The third kappa shape index (κ3) is 4.77. The minimum absolute atomic E-state index is 0.191. The molecule has 1 aromatic heterocycles. The predicted octanol–water partition coefficient (Wildman–Crippen LogP) is 2.73. The van der Waals surface area contributed by atoms with Gasteiger partial charge in [0.25, 0.3) is 10.2 Å². The molecule has 0 unspecified atom stereocenters. The summed E-state index contributed by atoms with van der Waals surface area (Å²) < 4.78 is 9.85. The summed E-state index contributed by atoms with van der Waals surface area (Å²) in [6.45, 7) is 4.42. The molecule has 0 bridgehead atoms. The van der Waals surface area contributed by atoms with E-state index in [0.29, 0.717) is 13.2 Å². The highest BCUT2D eigenvalue weighted by atomic mass is 32.2. The number of hydrogen-bond donors (Lipinski definition) is 0. The van der Waals surface area contributed by atoms with E-state index in [4.69, 9.17) is 8.37 Å². The maximum Gasteiger partial charge on any atom is 0.264 e. The first-order chi connectivity index (χ1) is 8.69. The van der Waals surface area contributed by atoms with Crippen molar-refractivity contribution < 1.29 is 18.0 Å². The van der Waals surface area contributed by atoms with E-state index in [0.717, 1.165) is 24.1 Å². The first-order valence-corrected chi connectivity index (χ1v) is 6.82. The van der Waals surface area contributed by atoms with Crippen LogP contribution in [0.2, 0.25) is 0 Å². The number of pyridine rings is 1. The number of carbonyl (C=O) groups excluding carboxylic acids is 2. The fourth-order valence-electron chi connectivity index (χ4n) is 0.972. The van der Waals surface area contributed by atoms with Gasteiger partial charge in [0, 0.05) is 0 Å². The maximum absolute atomic E-state index is 11.6. The van der Waals surface area contributed by atoms with Crippen LogP contribution in [0.1, 0.15) is 34.8 Å². The molecule has 1 aromatic rings. The smallest absolute Gasteiger partial charge is 0.264 e. The zero-order chi connectivity index (χ0) is 13.4. The summed E-state index contributed by atoms with van der Waals surface area (Å²) in [5, 5.41) is -0.652. The molecule has 0 aromatic carbocycles. The fraction of sp³-hybridized carbons (Fsp3) is 0.364. The number of rotatable bonds is 6. The molecular formula is C11H13NO4S2. The van der Waals surface area contributed by atoms with Crippen LogP contribution in [-0.2, 0) is 8.37 Å². The summed E-state index contributed by atoms with van der Waals surface area (Å²) >= 11 is 1.43. The van der Waals surface area contributed by atoms with E-state index in [1.54, 1.807) is 19.9 Å². The second-order valence-corrected chi connectivity index (χ2v) is 4.51. The van der Waals surface area contributed by atoms with E-state index in [1.165, 1.54) is 12.1 Å². The Morgan fingerprint density at radius 3 is 1.89 bits per heavy atom. The molecule has 0 atom stereocenters. The van der Waals surface area contributed by atoms with Crippen molar-refractivity contribution in [1.29, 1.82) is 0 Å². The summed E-state index contributed by atoms with van der Waals surface area (Å²) in [5.74, 6) is 0. The van der Waals surface area contributed by atoms with Gasteiger partial charge >= 0.3 is 0 Å². The second-order valence-electron chi connectivity index (χ2n) is 2.96. The zero-order valence-electron chi connectivity index (χ0n) is 10.0. The number of aromatic nitrogens is 1. The Morgan fingerprint density at radius 1 is 1.06 bits per heavy atom. The average Bonchev–Trinajstić information content (AvgIpc) is 2.42. The summed E-state index contributed by atoms with van der Waals surface area (Å²) in [4.78, 5) is 27.2. The molecule has 0 aliphatic carbocycles. The lowest BCUT2D eigenvalue weighted by Gasteiger charge is -2.02. The Hall–Kier alpha value is -0.890. The van der Waals surface area contributed by atoms with Crippen LogP contribution in [0.3, 0.4) is 0 Å². The van der Waals surface area contributed by atoms with Crippen molar-refractivity contribution >= 4 is 34.3 Å². The van der Waals surface area contributed by atoms with Gasteiger partial charge in [-0.1, -0.05) is 6.07 Å². The van der Waals surface area contributed by atoms with E-state index in [9.17, 15) is 9.59 Å². The lowest BCUT2D eigenvalue weighted by atomic mass is 10.3. The van der Waals surface area contributed by atoms with E-state index >= 15 is 0 Å². The van der Waals surface area contributed by atoms with Crippen LogP contribution in [0, 0.1) is 0 Å². The number of hydrogen-bond acceptors (Lipinski definition) is 7. The highest BCUT2D eigenvalue weighted by Crippen LogP contribution is 2.15. The minimum Gasteiger partial charge on any atom is -0.308 e. The standard InChI is InChI=1S/C11H13NO4S2/c1-3-15-17-10(13)8-6-5-7-9(12-8)11(14)18-16-4-2/h5-7H,3-4H2,1-2H3. The maximum atomic E-state index is 11.6. The first-order valence-electron chi connectivity index (χ1n) is 5.33. The van der Waals surface area contributed by atoms with Crippen LogP contribution in [0.25, 0.3) is 0 Å². The third-order valence-corrected chi connectivity index (χ3v) is 3.10. The molecule has 0 aliphatic rings. The van der Waals surface area contributed by atoms with Gasteiger partial charge in [-0.15, -0.1) is 0 Å². The van der Waals surface area contributed by atoms with Crippen LogP contribution < -0.4 is 0 Å². The van der Waals surface area contributed by atoms with Crippen LogP contribution >= 0.6 is 24.1 Å². The summed E-state index contributed by atoms with van der Waals surface area (Å²) in [7, 11) is 0. The van der Waals surface area contributed by atoms with Gasteiger partial charge in [-0.2, -0.15) is 0 Å². The molecule has 0 spiro atoms. The lowest BCUT2D eigenvalue weighted by Crippen LogP contribution is -2.04. The Kier molecular flexibility index (Phi) is 6.96. The second kappa shape index (κ2) is 8.25. The van der Waals surface area contributed by atoms with Crippen LogP contribution in [0.15, 0.2) is 18.2 Å². The summed E-state index contributed by atoms with van der Waals surface area (Å²) in [6.07, 6.45) is 0. The molecule has 18 heavy (non-hydrogen) atoms. The highest BCUT2D eigenvalue weighted by Gasteiger charge is 2.14. The Labute approximate surface area is 114 Å². The van der Waals surface area contributed by atoms with E-state index in [2.05, 4.69) is 4.98 Å². The van der Waals surface area contributed by atoms with Gasteiger partial charge in [0.1, 0.15) is 11.4 Å². The highest BCUT2D eigenvalue weighted by molar-refractivity contribution is 8.10. The van der Waals surface area contributed by atoms with Gasteiger partial charge < -0.3 is 8.37 Å². The zero-order valence-corrected chi connectivity index (χ0v) is 11.7. The normalized spacial score (nSPS) is 10.3. The van der Waals surface area contributed by atoms with E-state index in [-0.39, 0.29) is 21.6 Å². The molecule has 5 nitrogen and oxygen atoms in total. The molecule has 0 radical (unpaired) electrons. The Bertz CT molecular complexity index is 390. The van der Waals surface area contributed by atoms with Crippen molar-refractivity contribution in [2.75, 3.05) is 13.2 Å². The monoisotopic (exact) mass is 287 g/mol. The quantitative estimate of drug-likeness (QED) is 0.745. The Morgan fingerprint density at radius 2 is 1.50 bits per heavy atom. The molecule has 98 valence electrons. The van der Waals surface area contributed by atoms with Crippen molar-refractivity contribution in [3.63, 3.8) is 0 Å². The molecule has 0 aliphatic heterocycles. The first kappa shape index (κ1) is 15.2. The van der Waals surface area contributed by atoms with Crippen LogP contribution in [-0.4, -0.2) is 28.4 Å². The van der Waals surface area contributed by atoms with Crippen molar-refractivity contribution in [2.24, 2.45) is 0 Å².